The summed E-state index contributed by atoms with van der Waals surface area (Å²) in [6, 6.07) is 10.6. The molecule has 0 radical (unpaired) electrons. The Morgan fingerprint density at radius 1 is 1.11 bits per heavy atom. The van der Waals surface area contributed by atoms with Crippen molar-refractivity contribution >= 4 is 21.9 Å². The second kappa shape index (κ2) is 6.68. The third-order valence-electron chi connectivity index (χ3n) is 2.39. The zero-order valence-corrected chi connectivity index (χ0v) is 13.5. The first kappa shape index (κ1) is 15.7. The number of hydrogen-bond acceptors (Lipinski definition) is 3. The van der Waals surface area contributed by atoms with Gasteiger partial charge in [0.1, 0.15) is 5.75 Å². The van der Waals surface area contributed by atoms with Crippen LogP contribution in [0.15, 0.2) is 41.3 Å². The van der Waals surface area contributed by atoms with E-state index in [4.69, 9.17) is 4.74 Å². The summed E-state index contributed by atoms with van der Waals surface area (Å²) in [6.07, 6.45) is 0.0574. The topological polar surface area (TPSA) is 49.4 Å². The summed E-state index contributed by atoms with van der Waals surface area (Å²) in [5.74, 6) is 0.713. The van der Waals surface area contributed by atoms with Crippen molar-refractivity contribution in [2.75, 3.05) is 0 Å². The van der Waals surface area contributed by atoms with E-state index in [2.05, 4.69) is 0 Å². The number of ether oxygens (including phenoxy) is 1. The van der Waals surface area contributed by atoms with E-state index in [0.29, 0.717) is 16.0 Å². The molecule has 0 aliphatic carbocycles. The molecule has 1 atom stereocenters. The Morgan fingerprint density at radius 3 is 2.28 bits per heavy atom. The fraction of sp³-hybridized carbons (Fsp3) is 0.231. The first-order valence-corrected chi connectivity index (χ1v) is 6.44. The summed E-state index contributed by atoms with van der Waals surface area (Å²) in [5, 5.41) is 1.52. The molecule has 0 aliphatic rings. The van der Waals surface area contributed by atoms with Gasteiger partial charge in [-0.2, -0.15) is 0 Å². The van der Waals surface area contributed by atoms with Crippen LogP contribution in [-0.4, -0.2) is 14.9 Å². The van der Waals surface area contributed by atoms with Crippen molar-refractivity contribution in [1.82, 2.24) is 0 Å². The molecule has 2 aromatic carbocycles. The molecule has 0 spiro atoms. The Hall–Kier alpha value is -0.390. The minimum Gasteiger partial charge on any atom is -0.768 e. The molecule has 0 fully saturated rings. The first-order valence-electron chi connectivity index (χ1n) is 5.37. The molecule has 0 aliphatic heterocycles. The number of hydrogen-bond donors (Lipinski definition) is 0. The van der Waals surface area contributed by atoms with Gasteiger partial charge in [0.15, 0.2) is 0 Å². The molecule has 0 amide bonds. The largest absolute Gasteiger partial charge is 1.00 e. The van der Waals surface area contributed by atoms with Crippen LogP contribution in [0.25, 0.3) is 10.8 Å². The normalized spacial score (nSPS) is 12.2. The predicted octanol–water partition coefficient (Wildman–Crippen LogP) is -0.131. The maximum Gasteiger partial charge on any atom is 1.00 e. The van der Waals surface area contributed by atoms with E-state index in [1.165, 1.54) is 0 Å². The van der Waals surface area contributed by atoms with Crippen molar-refractivity contribution in [2.45, 2.75) is 24.8 Å². The standard InChI is InChI=1S/C13H14O3S.Na/c1-9(2)16-12-7-8-13(17(14)15)11-6-4-3-5-10(11)12;/h3-9H,1-2H3,(H,14,15);/q;+1/p-1. The van der Waals surface area contributed by atoms with Crippen molar-refractivity contribution in [1.29, 1.82) is 0 Å². The van der Waals surface area contributed by atoms with E-state index in [9.17, 15) is 8.76 Å². The van der Waals surface area contributed by atoms with E-state index in [1.807, 2.05) is 32.0 Å². The van der Waals surface area contributed by atoms with Gasteiger partial charge in [0.2, 0.25) is 0 Å². The van der Waals surface area contributed by atoms with Crippen molar-refractivity contribution in [3.63, 3.8) is 0 Å². The van der Waals surface area contributed by atoms with Crippen LogP contribution < -0.4 is 34.3 Å². The van der Waals surface area contributed by atoms with Gasteiger partial charge < -0.3 is 9.29 Å². The summed E-state index contributed by atoms with van der Waals surface area (Å²) in [5.41, 5.74) is 0. The number of fused-ring (bicyclic) bond motifs is 1. The Balaban J connectivity index is 0.00000162. The zero-order valence-electron chi connectivity index (χ0n) is 10.7. The average Bonchev–Trinajstić information content (AvgIpc) is 2.28. The second-order valence-corrected chi connectivity index (χ2v) is 4.92. The molecule has 3 nitrogen and oxygen atoms in total. The summed E-state index contributed by atoms with van der Waals surface area (Å²) < 4.78 is 27.9. The van der Waals surface area contributed by atoms with Gasteiger partial charge in [0.25, 0.3) is 0 Å². The number of benzene rings is 2. The fourth-order valence-corrected chi connectivity index (χ4v) is 2.28. The Kier molecular flexibility index (Phi) is 5.82. The van der Waals surface area contributed by atoms with Gasteiger partial charge >= 0.3 is 29.6 Å². The molecule has 0 saturated carbocycles. The van der Waals surface area contributed by atoms with E-state index in [0.717, 1.165) is 5.39 Å². The molecule has 2 rings (SSSR count). The van der Waals surface area contributed by atoms with Crippen LogP contribution in [0.3, 0.4) is 0 Å². The van der Waals surface area contributed by atoms with Gasteiger partial charge in [-0.05, 0) is 37.1 Å². The zero-order chi connectivity index (χ0) is 12.4. The Bertz CT molecular complexity index is 569. The fourth-order valence-electron chi connectivity index (χ4n) is 1.75. The Morgan fingerprint density at radius 2 is 1.72 bits per heavy atom. The van der Waals surface area contributed by atoms with E-state index >= 15 is 0 Å². The predicted molar refractivity (Wildman–Crippen MR) is 66.9 cm³/mol. The van der Waals surface area contributed by atoms with Crippen LogP contribution in [0.5, 0.6) is 5.75 Å². The van der Waals surface area contributed by atoms with Crippen molar-refractivity contribution in [2.24, 2.45) is 0 Å². The summed E-state index contributed by atoms with van der Waals surface area (Å²) in [6.45, 7) is 3.88. The van der Waals surface area contributed by atoms with Crippen LogP contribution in [0.4, 0.5) is 0 Å². The minimum atomic E-state index is -2.23. The van der Waals surface area contributed by atoms with Crippen LogP contribution in [-0.2, 0) is 11.1 Å². The van der Waals surface area contributed by atoms with Crippen molar-refractivity contribution < 1.29 is 43.1 Å². The van der Waals surface area contributed by atoms with Crippen LogP contribution >= 0.6 is 0 Å². The quantitative estimate of drug-likeness (QED) is 0.577. The van der Waals surface area contributed by atoms with E-state index in [-0.39, 0.29) is 35.7 Å². The van der Waals surface area contributed by atoms with Crippen LogP contribution in [0.1, 0.15) is 13.8 Å². The monoisotopic (exact) mass is 272 g/mol. The summed E-state index contributed by atoms with van der Waals surface area (Å²) in [4.78, 5) is 0.303. The van der Waals surface area contributed by atoms with E-state index in [1.54, 1.807) is 18.2 Å². The molecule has 90 valence electrons. The van der Waals surface area contributed by atoms with Crippen molar-refractivity contribution in [3.8, 4) is 5.75 Å². The maximum absolute atomic E-state index is 11.1. The van der Waals surface area contributed by atoms with Crippen LogP contribution in [0, 0.1) is 0 Å². The summed E-state index contributed by atoms with van der Waals surface area (Å²) >= 11 is -2.23. The van der Waals surface area contributed by atoms with Crippen LogP contribution in [0.2, 0.25) is 0 Å². The van der Waals surface area contributed by atoms with Gasteiger partial charge in [0.05, 0.1) is 6.10 Å². The molecule has 0 saturated heterocycles. The van der Waals surface area contributed by atoms with Gasteiger partial charge in [-0.3, -0.25) is 4.21 Å². The van der Waals surface area contributed by atoms with Gasteiger partial charge in [0, 0.05) is 15.7 Å². The Labute approximate surface area is 131 Å². The third-order valence-corrected chi connectivity index (χ3v) is 3.10. The van der Waals surface area contributed by atoms with Gasteiger partial charge in [-0.25, -0.2) is 0 Å². The van der Waals surface area contributed by atoms with Gasteiger partial charge in [-0.1, -0.05) is 24.3 Å². The van der Waals surface area contributed by atoms with E-state index < -0.39 is 11.1 Å². The molecule has 2 aromatic rings. The molecule has 0 heterocycles. The second-order valence-electron chi connectivity index (χ2n) is 4.01. The molecular formula is C13H13NaO3S. The maximum atomic E-state index is 11.1. The third kappa shape index (κ3) is 3.33. The summed E-state index contributed by atoms with van der Waals surface area (Å²) in [7, 11) is 0. The minimum absolute atomic E-state index is 0. The molecule has 0 N–H and O–H groups in total. The van der Waals surface area contributed by atoms with Gasteiger partial charge in [-0.15, -0.1) is 0 Å². The molecule has 18 heavy (non-hydrogen) atoms. The molecular weight excluding hydrogens is 259 g/mol. The molecule has 5 heteroatoms. The SMILES string of the molecule is CC(C)Oc1ccc(S(=O)[O-])c2ccccc12.[Na+]. The molecule has 0 aromatic heterocycles. The molecule has 1 unspecified atom stereocenters. The number of rotatable bonds is 3. The molecule has 0 bridgehead atoms. The average molecular weight is 272 g/mol. The smallest absolute Gasteiger partial charge is 0.768 e. The first-order chi connectivity index (χ1) is 8.09. The van der Waals surface area contributed by atoms with Crippen molar-refractivity contribution in [3.05, 3.63) is 36.4 Å².